The summed E-state index contributed by atoms with van der Waals surface area (Å²) in [7, 11) is 2.63. The van der Waals surface area contributed by atoms with E-state index in [1.807, 2.05) is 19.9 Å². The van der Waals surface area contributed by atoms with Crippen LogP contribution in [0.1, 0.15) is 139 Å². The quantitative estimate of drug-likeness (QED) is 0.0430. The van der Waals surface area contributed by atoms with E-state index in [-0.39, 0.29) is 42.7 Å². The lowest BCUT2D eigenvalue weighted by Crippen LogP contribution is -2.66. The Morgan fingerprint density at radius 1 is 0.959 bits per heavy atom. The summed E-state index contributed by atoms with van der Waals surface area (Å²) in [6.07, 6.45) is -6.09. The van der Waals surface area contributed by atoms with E-state index < -0.39 is 118 Å². The standard InChI is InChI=1S/C56H96N2O15Si/c1-16-23-45(62)69-53-39(6)67-47(34-56(53,10)72-44(61)17-2)70-50-38(5)68-54(49(64)48(50)57(11)12)71-51-41(28-31-59)32-36(3)43(73-74(14,15)55(7,8)9)35-58(29-22-21-26-40-24-19-18-20-25-40)30-27-37(4)66-46(63)33-42(60)52(51)65-13/h18-20,24-25,31,36-39,41-43,47-54,60,64H,16-17,21-23,26-30,32-35H2,1-15H3/t36-,37-,38-,39+,41+,42-,43+,47+,48-,49-,50-,51+,52+,53+,54+,56-/m1/s1. The van der Waals surface area contributed by atoms with Crippen LogP contribution in [0.2, 0.25) is 18.1 Å². The number of carbonyl (C=O) groups excluding carboxylic acids is 4. The van der Waals surface area contributed by atoms with Gasteiger partial charge in [0.25, 0.3) is 0 Å². The molecule has 3 fully saturated rings. The molecule has 1 aromatic rings. The van der Waals surface area contributed by atoms with Crippen molar-refractivity contribution in [2.75, 3.05) is 40.8 Å². The van der Waals surface area contributed by atoms with Crippen molar-refractivity contribution >= 4 is 32.5 Å². The molecule has 0 bridgehead atoms. The highest BCUT2D eigenvalue weighted by atomic mass is 28.4. The topological polar surface area (TPSA) is 198 Å². The van der Waals surface area contributed by atoms with Gasteiger partial charge in [-0.2, -0.15) is 0 Å². The molecule has 0 unspecified atom stereocenters. The van der Waals surface area contributed by atoms with Crippen LogP contribution in [0.15, 0.2) is 30.3 Å². The second-order valence-electron chi connectivity index (χ2n) is 23.2. The average molecular weight is 1070 g/mol. The normalized spacial score (nSPS) is 34.5. The largest absolute Gasteiger partial charge is 0.463 e. The van der Waals surface area contributed by atoms with E-state index in [1.165, 1.54) is 12.7 Å². The van der Waals surface area contributed by atoms with Gasteiger partial charge in [0, 0.05) is 45.9 Å². The van der Waals surface area contributed by atoms with Crippen molar-refractivity contribution in [2.45, 2.75) is 243 Å². The molecule has 4 rings (SSSR count). The molecule has 0 aromatic heterocycles. The van der Waals surface area contributed by atoms with Gasteiger partial charge in [-0.05, 0) is 122 Å². The van der Waals surface area contributed by atoms with E-state index in [2.05, 4.69) is 70.0 Å². The molecule has 3 aliphatic heterocycles. The molecule has 74 heavy (non-hydrogen) atoms. The molecular formula is C56H96N2O15Si. The number of aldehydes is 1. The van der Waals surface area contributed by atoms with Crippen molar-refractivity contribution in [3.63, 3.8) is 0 Å². The number of hydrogen-bond donors (Lipinski definition) is 2. The Morgan fingerprint density at radius 3 is 2.26 bits per heavy atom. The van der Waals surface area contributed by atoms with Crippen LogP contribution in [0.4, 0.5) is 0 Å². The number of rotatable bonds is 20. The first-order valence-electron chi connectivity index (χ1n) is 27.4. The van der Waals surface area contributed by atoms with Gasteiger partial charge in [0.15, 0.2) is 32.6 Å². The van der Waals surface area contributed by atoms with Gasteiger partial charge in [-0.3, -0.25) is 14.4 Å². The first kappa shape index (κ1) is 63.6. The number of ether oxygens (including phenoxy) is 8. The van der Waals surface area contributed by atoms with Gasteiger partial charge in [0.05, 0.1) is 43.0 Å². The van der Waals surface area contributed by atoms with Gasteiger partial charge in [-0.15, -0.1) is 0 Å². The van der Waals surface area contributed by atoms with Gasteiger partial charge < -0.3 is 67.1 Å². The van der Waals surface area contributed by atoms with Gasteiger partial charge in [0.2, 0.25) is 0 Å². The van der Waals surface area contributed by atoms with Crippen molar-refractivity contribution in [1.29, 1.82) is 0 Å². The minimum atomic E-state index is -2.38. The number of aliphatic hydroxyl groups excluding tert-OH is 2. The molecule has 18 heteroatoms. The van der Waals surface area contributed by atoms with E-state index >= 15 is 0 Å². The molecular weight excluding hydrogens is 969 g/mol. The number of carbonyl (C=O) groups is 4. The molecule has 0 aliphatic carbocycles. The first-order chi connectivity index (χ1) is 34.8. The van der Waals surface area contributed by atoms with E-state index in [9.17, 15) is 29.4 Å². The molecule has 3 aliphatic rings. The number of hydrogen-bond acceptors (Lipinski definition) is 17. The zero-order valence-electron chi connectivity index (χ0n) is 47.6. The van der Waals surface area contributed by atoms with Gasteiger partial charge in [0.1, 0.15) is 30.7 Å². The van der Waals surface area contributed by atoms with Gasteiger partial charge in [-0.1, -0.05) is 71.9 Å². The van der Waals surface area contributed by atoms with Crippen molar-refractivity contribution in [1.82, 2.24) is 9.80 Å². The second-order valence-corrected chi connectivity index (χ2v) is 28.0. The number of benzene rings is 1. The van der Waals surface area contributed by atoms with Crippen LogP contribution in [0, 0.1) is 11.8 Å². The summed E-state index contributed by atoms with van der Waals surface area (Å²) < 4.78 is 57.8. The molecule has 16 atom stereocenters. The molecule has 0 spiro atoms. The fraction of sp³-hybridized carbons (Fsp3) is 0.821. The highest BCUT2D eigenvalue weighted by molar-refractivity contribution is 6.74. The lowest BCUT2D eigenvalue weighted by atomic mass is 9.82. The maximum Gasteiger partial charge on any atom is 0.308 e. The van der Waals surface area contributed by atoms with Crippen LogP contribution < -0.4 is 0 Å². The Morgan fingerprint density at radius 2 is 1.65 bits per heavy atom. The summed E-state index contributed by atoms with van der Waals surface area (Å²) in [6.45, 7) is 26.0. The maximum atomic E-state index is 13.6. The highest BCUT2D eigenvalue weighted by Gasteiger charge is 2.55. The van der Waals surface area contributed by atoms with E-state index in [0.717, 1.165) is 32.1 Å². The summed E-state index contributed by atoms with van der Waals surface area (Å²) in [4.78, 5) is 56.3. The fourth-order valence-corrected chi connectivity index (χ4v) is 11.9. The second kappa shape index (κ2) is 29.2. The minimum Gasteiger partial charge on any atom is -0.463 e. The third kappa shape index (κ3) is 18.1. The van der Waals surface area contributed by atoms with Crippen LogP contribution in [0.5, 0.6) is 0 Å². The maximum absolute atomic E-state index is 13.6. The van der Waals surface area contributed by atoms with Gasteiger partial charge >= 0.3 is 17.9 Å². The average Bonchev–Trinajstić information content (AvgIpc) is 3.31. The molecule has 3 saturated heterocycles. The lowest BCUT2D eigenvalue weighted by molar-refractivity contribution is -0.344. The van der Waals surface area contributed by atoms with Crippen LogP contribution in [-0.2, 0) is 67.9 Å². The first-order valence-corrected chi connectivity index (χ1v) is 30.3. The minimum absolute atomic E-state index is 0.00756. The summed E-state index contributed by atoms with van der Waals surface area (Å²) in [6, 6.07) is 9.69. The molecule has 3 heterocycles. The monoisotopic (exact) mass is 1060 g/mol. The number of nitrogens with zero attached hydrogens (tertiary/aromatic N) is 2. The molecule has 0 saturated carbocycles. The number of aryl methyl sites for hydroxylation is 1. The molecule has 1 aromatic carbocycles. The van der Waals surface area contributed by atoms with E-state index in [4.69, 9.17) is 42.3 Å². The smallest absolute Gasteiger partial charge is 0.308 e. The number of aliphatic hydroxyl groups is 2. The summed E-state index contributed by atoms with van der Waals surface area (Å²) >= 11 is 0. The predicted octanol–water partition coefficient (Wildman–Crippen LogP) is 7.40. The zero-order chi connectivity index (χ0) is 55.1. The molecule has 2 N–H and O–H groups in total. The molecule has 17 nitrogen and oxygen atoms in total. The van der Waals surface area contributed by atoms with Crippen molar-refractivity contribution < 1.29 is 71.7 Å². The molecule has 0 radical (unpaired) electrons. The Bertz CT molecular complexity index is 1870. The molecule has 0 amide bonds. The SMILES string of the molecule is CCCC(=O)O[C@H]1[C@H](C)O[C@@H](O[C@H]2[C@H](N(C)C)[C@@H](O)[C@H](O[C@H]3[C@@H](CC=O)C[C@@H](C)[C@@H](O[Si](C)(C)C(C)(C)C)CN(CCCCc4ccccc4)CC[C@@H](C)OC(=O)C[C@@H](O)[C@@H]3OC)O[C@@H]2C)C[C@@]1(C)OC(=O)CC. The Kier molecular flexibility index (Phi) is 25.1. The Hall–Kier alpha value is -2.88. The number of likely N-dealkylation sites (N-methyl/N-ethyl adjacent to an activating group) is 1. The van der Waals surface area contributed by atoms with Crippen molar-refractivity contribution in [2.24, 2.45) is 11.8 Å². The van der Waals surface area contributed by atoms with E-state index in [0.29, 0.717) is 32.4 Å². The molecule has 424 valence electrons. The fourth-order valence-electron chi connectivity index (χ4n) is 10.5. The number of cyclic esters (lactones) is 1. The Balaban J connectivity index is 1.70. The van der Waals surface area contributed by atoms with Crippen LogP contribution in [0.25, 0.3) is 0 Å². The summed E-state index contributed by atoms with van der Waals surface area (Å²) in [5.74, 6) is -2.25. The number of methoxy groups -OCH3 is 1. The van der Waals surface area contributed by atoms with E-state index in [1.54, 1.807) is 46.7 Å². The number of unbranched alkanes of at least 4 members (excludes halogenated alkanes) is 1. The van der Waals surface area contributed by atoms with Crippen LogP contribution in [-0.4, -0.2) is 179 Å². The van der Waals surface area contributed by atoms with Crippen molar-refractivity contribution in [3.05, 3.63) is 35.9 Å². The third-order valence-corrected chi connectivity index (χ3v) is 20.2. The summed E-state index contributed by atoms with van der Waals surface area (Å²) in [5.41, 5.74) is -0.00801. The highest BCUT2D eigenvalue weighted by Crippen LogP contribution is 2.42. The summed E-state index contributed by atoms with van der Waals surface area (Å²) in [5, 5.41) is 24.3. The number of esters is 3. The van der Waals surface area contributed by atoms with Crippen LogP contribution >= 0.6 is 0 Å². The third-order valence-electron chi connectivity index (χ3n) is 15.7. The van der Waals surface area contributed by atoms with Crippen LogP contribution in [0.3, 0.4) is 0 Å². The lowest BCUT2D eigenvalue weighted by Gasteiger charge is -2.51. The predicted molar refractivity (Wildman–Crippen MR) is 284 cm³/mol. The zero-order valence-corrected chi connectivity index (χ0v) is 48.6. The Labute approximate surface area is 444 Å². The van der Waals surface area contributed by atoms with Crippen molar-refractivity contribution in [3.8, 4) is 0 Å². The van der Waals surface area contributed by atoms with Gasteiger partial charge in [-0.25, -0.2) is 0 Å².